The minimum absolute atomic E-state index is 0.0331. The fraction of sp³-hybridized carbons (Fsp3) is 0.214. The monoisotopic (exact) mass is 292 g/mol. The van der Waals surface area contributed by atoms with Gasteiger partial charge in [-0.05, 0) is 19.1 Å². The zero-order chi connectivity index (χ0) is 15.6. The van der Waals surface area contributed by atoms with Crippen LogP contribution in [0.15, 0.2) is 24.3 Å². The number of hydrogen-bond acceptors (Lipinski definition) is 4. The molecule has 1 saturated heterocycles. The fourth-order valence-electron chi connectivity index (χ4n) is 2.12. The van der Waals surface area contributed by atoms with E-state index in [1.165, 1.54) is 29.2 Å². The standard InChI is InChI=1S/C14H13FN2O4/c1-8-14(21)16-11(18)7-17(8)13-9(5-6-12(19)20)3-2-4-10(13)15/h2-6,8H,7H2,1H3,(H,19,20)(H,16,18,21)/b6-5+. The van der Waals surface area contributed by atoms with E-state index in [9.17, 15) is 18.8 Å². The van der Waals surface area contributed by atoms with Crippen molar-refractivity contribution >= 4 is 29.5 Å². The van der Waals surface area contributed by atoms with Gasteiger partial charge in [-0.25, -0.2) is 9.18 Å². The fourth-order valence-corrected chi connectivity index (χ4v) is 2.12. The Balaban J connectivity index is 2.49. The lowest BCUT2D eigenvalue weighted by Crippen LogP contribution is -2.57. The van der Waals surface area contributed by atoms with Crippen LogP contribution in [0.5, 0.6) is 0 Å². The number of halogens is 1. The van der Waals surface area contributed by atoms with E-state index in [4.69, 9.17) is 5.11 Å². The average Bonchev–Trinajstić information content (AvgIpc) is 2.41. The lowest BCUT2D eigenvalue weighted by Gasteiger charge is -2.34. The van der Waals surface area contributed by atoms with E-state index in [-0.39, 0.29) is 17.8 Å². The van der Waals surface area contributed by atoms with E-state index in [2.05, 4.69) is 5.32 Å². The number of imide groups is 1. The Bertz CT molecular complexity index is 642. The number of benzene rings is 1. The third-order valence-corrected chi connectivity index (χ3v) is 3.13. The molecule has 2 N–H and O–H groups in total. The van der Waals surface area contributed by atoms with Gasteiger partial charge in [-0.1, -0.05) is 12.1 Å². The molecule has 1 aromatic rings. The number of carbonyl (C=O) groups is 3. The predicted octanol–water partition coefficient (Wildman–Crippen LogP) is 0.775. The molecule has 0 bridgehead atoms. The lowest BCUT2D eigenvalue weighted by atomic mass is 10.1. The molecule has 110 valence electrons. The van der Waals surface area contributed by atoms with Crippen LogP contribution < -0.4 is 10.2 Å². The number of para-hydroxylation sites is 1. The number of carboxylic acids is 1. The van der Waals surface area contributed by atoms with Crippen molar-refractivity contribution in [1.29, 1.82) is 0 Å². The molecule has 2 amide bonds. The van der Waals surface area contributed by atoms with Crippen molar-refractivity contribution in [2.24, 2.45) is 0 Å². The number of hydrogen-bond donors (Lipinski definition) is 2. The molecule has 0 aromatic heterocycles. The Morgan fingerprint density at radius 3 is 2.86 bits per heavy atom. The van der Waals surface area contributed by atoms with Gasteiger partial charge in [0, 0.05) is 11.6 Å². The second-order valence-corrected chi connectivity index (χ2v) is 4.57. The molecule has 0 spiro atoms. The summed E-state index contributed by atoms with van der Waals surface area (Å²) in [5.41, 5.74) is 0.317. The van der Waals surface area contributed by atoms with Crippen LogP contribution in [0.4, 0.5) is 10.1 Å². The summed E-state index contributed by atoms with van der Waals surface area (Å²) in [7, 11) is 0. The molecule has 1 fully saturated rings. The van der Waals surface area contributed by atoms with Crippen LogP contribution in [-0.2, 0) is 14.4 Å². The molecule has 0 aliphatic carbocycles. The summed E-state index contributed by atoms with van der Waals surface area (Å²) in [6.07, 6.45) is 2.10. The maximum Gasteiger partial charge on any atom is 0.328 e. The molecule has 1 aliphatic rings. The molecule has 1 aromatic carbocycles. The van der Waals surface area contributed by atoms with Gasteiger partial charge >= 0.3 is 5.97 Å². The molecule has 1 atom stereocenters. The van der Waals surface area contributed by atoms with E-state index in [0.29, 0.717) is 0 Å². The lowest BCUT2D eigenvalue weighted by molar-refractivity contribution is -0.133. The van der Waals surface area contributed by atoms with Crippen molar-refractivity contribution in [2.45, 2.75) is 13.0 Å². The number of carbonyl (C=O) groups excluding carboxylic acids is 2. The van der Waals surface area contributed by atoms with Gasteiger partial charge in [0.2, 0.25) is 11.8 Å². The first kappa shape index (κ1) is 14.7. The SMILES string of the molecule is CC1C(=O)NC(=O)CN1c1c(F)cccc1/C=C/C(=O)O. The maximum absolute atomic E-state index is 14.1. The highest BCUT2D eigenvalue weighted by Gasteiger charge is 2.32. The van der Waals surface area contributed by atoms with E-state index in [1.807, 2.05) is 0 Å². The smallest absolute Gasteiger partial charge is 0.328 e. The summed E-state index contributed by atoms with van der Waals surface area (Å²) in [4.78, 5) is 35.1. The van der Waals surface area contributed by atoms with Gasteiger partial charge in [0.1, 0.15) is 11.9 Å². The van der Waals surface area contributed by atoms with Crippen LogP contribution in [0.2, 0.25) is 0 Å². The first-order valence-electron chi connectivity index (χ1n) is 6.20. The molecule has 2 rings (SSSR count). The highest BCUT2D eigenvalue weighted by Crippen LogP contribution is 2.28. The topological polar surface area (TPSA) is 86.7 Å². The van der Waals surface area contributed by atoms with Crippen molar-refractivity contribution in [1.82, 2.24) is 5.32 Å². The van der Waals surface area contributed by atoms with Crippen LogP contribution in [0.3, 0.4) is 0 Å². The number of nitrogens with zero attached hydrogens (tertiary/aromatic N) is 1. The molecule has 0 saturated carbocycles. The molecule has 21 heavy (non-hydrogen) atoms. The van der Waals surface area contributed by atoms with Crippen LogP contribution in [0.1, 0.15) is 12.5 Å². The van der Waals surface area contributed by atoms with Gasteiger partial charge in [0.15, 0.2) is 0 Å². The summed E-state index contributed by atoms with van der Waals surface area (Å²) < 4.78 is 14.1. The number of amides is 2. The number of nitrogens with one attached hydrogen (secondary N) is 1. The summed E-state index contributed by atoms with van der Waals surface area (Å²) in [5, 5.41) is 10.8. The van der Waals surface area contributed by atoms with Gasteiger partial charge in [0.25, 0.3) is 0 Å². The second kappa shape index (κ2) is 5.74. The Labute approximate surface area is 119 Å². The Hall–Kier alpha value is -2.70. The predicted molar refractivity (Wildman–Crippen MR) is 73.0 cm³/mol. The highest BCUT2D eigenvalue weighted by atomic mass is 19.1. The minimum atomic E-state index is -1.18. The van der Waals surface area contributed by atoms with Gasteiger partial charge in [-0.2, -0.15) is 0 Å². The molecular formula is C14H13FN2O4. The highest BCUT2D eigenvalue weighted by molar-refractivity contribution is 6.05. The van der Waals surface area contributed by atoms with Crippen molar-refractivity contribution in [3.8, 4) is 0 Å². The van der Waals surface area contributed by atoms with Crippen LogP contribution in [-0.4, -0.2) is 35.5 Å². The van der Waals surface area contributed by atoms with Gasteiger partial charge < -0.3 is 10.0 Å². The third-order valence-electron chi connectivity index (χ3n) is 3.13. The van der Waals surface area contributed by atoms with Crippen molar-refractivity contribution in [2.75, 3.05) is 11.4 Å². The van der Waals surface area contributed by atoms with Crippen LogP contribution in [0, 0.1) is 5.82 Å². The summed E-state index contributed by atoms with van der Waals surface area (Å²) in [6, 6.07) is 3.40. The molecule has 1 heterocycles. The Morgan fingerprint density at radius 2 is 2.19 bits per heavy atom. The zero-order valence-corrected chi connectivity index (χ0v) is 11.2. The number of rotatable bonds is 3. The van der Waals surface area contributed by atoms with E-state index < -0.39 is 29.6 Å². The van der Waals surface area contributed by atoms with E-state index in [0.717, 1.165) is 6.08 Å². The average molecular weight is 292 g/mol. The van der Waals surface area contributed by atoms with Gasteiger partial charge in [0.05, 0.1) is 12.2 Å². The van der Waals surface area contributed by atoms with Crippen LogP contribution in [0.25, 0.3) is 6.08 Å². The number of aliphatic carboxylic acids is 1. The molecule has 1 unspecified atom stereocenters. The zero-order valence-electron chi connectivity index (χ0n) is 11.2. The third kappa shape index (κ3) is 3.07. The summed E-state index contributed by atoms with van der Waals surface area (Å²) in [6.45, 7) is 1.36. The first-order chi connectivity index (χ1) is 9.90. The van der Waals surface area contributed by atoms with Crippen LogP contribution >= 0.6 is 0 Å². The van der Waals surface area contributed by atoms with Crippen molar-refractivity contribution in [3.63, 3.8) is 0 Å². The normalized spacial score (nSPS) is 19.0. The number of piperazine rings is 1. The molecule has 7 heteroatoms. The molecule has 0 radical (unpaired) electrons. The van der Waals surface area contributed by atoms with Gasteiger partial charge in [-0.15, -0.1) is 0 Å². The quantitative estimate of drug-likeness (QED) is 0.635. The largest absolute Gasteiger partial charge is 0.478 e. The second-order valence-electron chi connectivity index (χ2n) is 4.57. The van der Waals surface area contributed by atoms with Gasteiger partial charge in [-0.3, -0.25) is 14.9 Å². The number of anilines is 1. The molecular weight excluding hydrogens is 279 g/mol. The molecule has 6 nitrogen and oxygen atoms in total. The maximum atomic E-state index is 14.1. The van der Waals surface area contributed by atoms with Crippen molar-refractivity contribution < 1.29 is 23.9 Å². The minimum Gasteiger partial charge on any atom is -0.478 e. The Morgan fingerprint density at radius 1 is 1.48 bits per heavy atom. The van der Waals surface area contributed by atoms with E-state index >= 15 is 0 Å². The molecule has 1 aliphatic heterocycles. The summed E-state index contributed by atoms with van der Waals surface area (Å²) >= 11 is 0. The van der Waals surface area contributed by atoms with E-state index in [1.54, 1.807) is 6.92 Å². The first-order valence-corrected chi connectivity index (χ1v) is 6.20. The number of carboxylic acid groups (broad SMARTS) is 1. The summed E-state index contributed by atoms with van der Waals surface area (Å²) in [5.74, 6) is -2.86. The Kier molecular flexibility index (Phi) is 4.02. The van der Waals surface area contributed by atoms with Crippen molar-refractivity contribution in [3.05, 3.63) is 35.7 Å².